The first-order chi connectivity index (χ1) is 5.16. The third-order valence-corrected chi connectivity index (χ3v) is 2.14. The van der Waals surface area contributed by atoms with Gasteiger partial charge in [-0.3, -0.25) is 0 Å². The van der Waals surface area contributed by atoms with Crippen LogP contribution < -0.4 is 5.73 Å². The molecule has 0 aliphatic heterocycles. The fraction of sp³-hybridized carbons (Fsp3) is 1.00. The molecule has 0 amide bonds. The Morgan fingerprint density at radius 3 is 2.09 bits per heavy atom. The van der Waals surface area contributed by atoms with Crippen LogP contribution in [0.25, 0.3) is 0 Å². The second-order valence-electron chi connectivity index (χ2n) is 4.01. The molecule has 0 saturated carbocycles. The lowest BCUT2D eigenvalue weighted by molar-refractivity contribution is 0.421. The van der Waals surface area contributed by atoms with Crippen LogP contribution in [-0.4, -0.2) is 6.54 Å². The molecule has 0 aliphatic rings. The van der Waals surface area contributed by atoms with Crippen LogP contribution in [-0.2, 0) is 0 Å². The van der Waals surface area contributed by atoms with Crippen molar-refractivity contribution < 1.29 is 0 Å². The average Bonchev–Trinajstić information content (AvgIpc) is 1.97. The summed E-state index contributed by atoms with van der Waals surface area (Å²) in [5.41, 5.74) is 5.43. The van der Waals surface area contributed by atoms with Crippen molar-refractivity contribution in [3.63, 3.8) is 0 Å². The quantitative estimate of drug-likeness (QED) is 0.630. The first kappa shape index (κ1) is 11.0. The third kappa shape index (κ3) is 7.86. The molecule has 0 heterocycles. The summed E-state index contributed by atoms with van der Waals surface area (Å²) in [5, 5.41) is 0. The van der Waals surface area contributed by atoms with Gasteiger partial charge >= 0.3 is 0 Å². The molecule has 2 N–H and O–H groups in total. The van der Waals surface area contributed by atoms with Gasteiger partial charge in [-0.15, -0.1) is 0 Å². The van der Waals surface area contributed by atoms with Gasteiger partial charge in [-0.25, -0.2) is 0 Å². The number of nitrogens with two attached hydrogens (primary N) is 1. The van der Waals surface area contributed by atoms with E-state index in [1.165, 1.54) is 25.7 Å². The summed E-state index contributed by atoms with van der Waals surface area (Å²) in [5.74, 6) is 1.73. The normalized spacial score (nSPS) is 13.9. The number of rotatable bonds is 6. The maximum Gasteiger partial charge on any atom is -0.00772 e. The van der Waals surface area contributed by atoms with Crippen LogP contribution in [0.3, 0.4) is 0 Å². The van der Waals surface area contributed by atoms with E-state index in [2.05, 4.69) is 20.8 Å². The summed E-state index contributed by atoms with van der Waals surface area (Å²) in [7, 11) is 0. The molecule has 1 atom stereocenters. The van der Waals surface area contributed by atoms with Gasteiger partial charge in [-0.1, -0.05) is 33.6 Å². The maximum atomic E-state index is 5.43. The molecule has 0 fully saturated rings. The molecule has 0 aliphatic carbocycles. The van der Waals surface area contributed by atoms with Crippen LogP contribution >= 0.6 is 0 Å². The minimum atomic E-state index is 0.853. The van der Waals surface area contributed by atoms with Crippen molar-refractivity contribution in [3.05, 3.63) is 0 Å². The highest BCUT2D eigenvalue weighted by Crippen LogP contribution is 2.15. The number of hydrogen-bond acceptors (Lipinski definition) is 1. The summed E-state index contributed by atoms with van der Waals surface area (Å²) in [6.07, 6.45) is 5.24. The predicted molar refractivity (Wildman–Crippen MR) is 51.5 cm³/mol. The van der Waals surface area contributed by atoms with Gasteiger partial charge in [-0.05, 0) is 31.2 Å². The lowest BCUT2D eigenvalue weighted by atomic mass is 9.96. The van der Waals surface area contributed by atoms with E-state index < -0.39 is 0 Å². The van der Waals surface area contributed by atoms with Gasteiger partial charge in [0.2, 0.25) is 0 Å². The lowest BCUT2D eigenvalue weighted by Crippen LogP contribution is -2.03. The Balaban J connectivity index is 3.15. The van der Waals surface area contributed by atoms with Crippen LogP contribution in [0.1, 0.15) is 46.5 Å². The van der Waals surface area contributed by atoms with E-state index in [1.807, 2.05) is 0 Å². The van der Waals surface area contributed by atoms with E-state index in [1.54, 1.807) is 0 Å². The topological polar surface area (TPSA) is 26.0 Å². The molecule has 68 valence electrons. The molecule has 1 nitrogen and oxygen atoms in total. The van der Waals surface area contributed by atoms with Crippen molar-refractivity contribution >= 4 is 0 Å². The Hall–Kier alpha value is -0.0400. The van der Waals surface area contributed by atoms with E-state index in [4.69, 9.17) is 5.73 Å². The zero-order chi connectivity index (χ0) is 8.69. The summed E-state index contributed by atoms with van der Waals surface area (Å²) < 4.78 is 0. The Labute approximate surface area is 71.4 Å². The van der Waals surface area contributed by atoms with Gasteiger partial charge in [-0.2, -0.15) is 0 Å². The highest BCUT2D eigenvalue weighted by molar-refractivity contribution is 4.55. The molecule has 0 aromatic rings. The number of hydrogen-bond donors (Lipinski definition) is 1. The summed E-state index contributed by atoms with van der Waals surface area (Å²) >= 11 is 0. The zero-order valence-corrected chi connectivity index (χ0v) is 8.27. The smallest absolute Gasteiger partial charge is 0.00772 e. The highest BCUT2D eigenvalue weighted by atomic mass is 14.5. The largest absolute Gasteiger partial charge is 0.330 e. The van der Waals surface area contributed by atoms with Gasteiger partial charge in [0, 0.05) is 0 Å². The molecule has 1 unspecified atom stereocenters. The van der Waals surface area contributed by atoms with Crippen molar-refractivity contribution in [3.8, 4) is 0 Å². The molecule has 0 radical (unpaired) electrons. The third-order valence-electron chi connectivity index (χ3n) is 2.14. The average molecular weight is 157 g/mol. The van der Waals surface area contributed by atoms with Crippen LogP contribution in [0.15, 0.2) is 0 Å². The first-order valence-electron chi connectivity index (χ1n) is 4.87. The fourth-order valence-corrected chi connectivity index (χ4v) is 1.23. The minimum Gasteiger partial charge on any atom is -0.330 e. The monoisotopic (exact) mass is 157 g/mol. The van der Waals surface area contributed by atoms with Crippen molar-refractivity contribution in [2.75, 3.05) is 6.54 Å². The van der Waals surface area contributed by atoms with Gasteiger partial charge in [0.1, 0.15) is 0 Å². The van der Waals surface area contributed by atoms with Crippen molar-refractivity contribution in [2.24, 2.45) is 17.6 Å². The van der Waals surface area contributed by atoms with E-state index in [0.717, 1.165) is 18.4 Å². The molecule has 1 heteroatoms. The predicted octanol–water partition coefficient (Wildman–Crippen LogP) is 2.80. The molecular weight excluding hydrogens is 134 g/mol. The lowest BCUT2D eigenvalue weighted by Gasteiger charge is -2.11. The molecular formula is C10H23N. The molecule has 0 saturated heterocycles. The standard InChI is InChI=1S/C10H23N/c1-9(2)6-7-10(3)5-4-8-11/h9-10H,4-8,11H2,1-3H3. The van der Waals surface area contributed by atoms with E-state index in [-0.39, 0.29) is 0 Å². The second kappa shape index (κ2) is 6.66. The molecule has 11 heavy (non-hydrogen) atoms. The summed E-state index contributed by atoms with van der Waals surface area (Å²) in [6.45, 7) is 7.76. The highest BCUT2D eigenvalue weighted by Gasteiger charge is 2.02. The van der Waals surface area contributed by atoms with Crippen molar-refractivity contribution in [1.29, 1.82) is 0 Å². The summed E-state index contributed by atoms with van der Waals surface area (Å²) in [6, 6.07) is 0. The molecule has 0 bridgehead atoms. The summed E-state index contributed by atoms with van der Waals surface area (Å²) in [4.78, 5) is 0. The Bertz CT molecular complexity index is 78.9. The Morgan fingerprint density at radius 2 is 1.64 bits per heavy atom. The van der Waals surface area contributed by atoms with Gasteiger partial charge in [0.15, 0.2) is 0 Å². The molecule has 0 spiro atoms. The second-order valence-corrected chi connectivity index (χ2v) is 4.01. The van der Waals surface area contributed by atoms with Crippen molar-refractivity contribution in [2.45, 2.75) is 46.5 Å². The van der Waals surface area contributed by atoms with E-state index in [0.29, 0.717) is 0 Å². The maximum absolute atomic E-state index is 5.43. The van der Waals surface area contributed by atoms with Crippen LogP contribution in [0.4, 0.5) is 0 Å². The molecule has 0 aromatic heterocycles. The fourth-order valence-electron chi connectivity index (χ4n) is 1.23. The van der Waals surface area contributed by atoms with E-state index >= 15 is 0 Å². The van der Waals surface area contributed by atoms with Crippen LogP contribution in [0.2, 0.25) is 0 Å². The minimum absolute atomic E-state index is 0.853. The van der Waals surface area contributed by atoms with Crippen LogP contribution in [0.5, 0.6) is 0 Å². The van der Waals surface area contributed by atoms with Gasteiger partial charge in [0.25, 0.3) is 0 Å². The Morgan fingerprint density at radius 1 is 1.00 bits per heavy atom. The van der Waals surface area contributed by atoms with Gasteiger partial charge < -0.3 is 5.73 Å². The zero-order valence-electron chi connectivity index (χ0n) is 8.27. The molecule has 0 rings (SSSR count). The Kier molecular flexibility index (Phi) is 6.63. The van der Waals surface area contributed by atoms with Crippen LogP contribution in [0, 0.1) is 11.8 Å². The first-order valence-corrected chi connectivity index (χ1v) is 4.87. The molecule has 0 aromatic carbocycles. The van der Waals surface area contributed by atoms with Crippen molar-refractivity contribution in [1.82, 2.24) is 0 Å². The van der Waals surface area contributed by atoms with E-state index in [9.17, 15) is 0 Å². The van der Waals surface area contributed by atoms with Gasteiger partial charge in [0.05, 0.1) is 0 Å². The SMILES string of the molecule is CC(C)CCC(C)CCCN.